The number of carbonyl (C=O) groups is 3. The average Bonchev–Trinajstić information content (AvgIpc) is 2.43. The van der Waals surface area contributed by atoms with Crippen molar-refractivity contribution in [3.05, 3.63) is 12.2 Å². The molecule has 0 aliphatic heterocycles. The highest BCUT2D eigenvalue weighted by Gasteiger charge is 2.27. The van der Waals surface area contributed by atoms with Crippen molar-refractivity contribution >= 4 is 18.0 Å². The van der Waals surface area contributed by atoms with E-state index in [1.807, 2.05) is 6.08 Å². The molecular formula is C16H28N2O5. The highest BCUT2D eigenvalue weighted by Crippen LogP contribution is 2.03. The lowest BCUT2D eigenvalue weighted by Crippen LogP contribution is -2.53. The van der Waals surface area contributed by atoms with Gasteiger partial charge in [-0.15, -0.1) is 0 Å². The summed E-state index contributed by atoms with van der Waals surface area (Å²) >= 11 is 0. The maximum atomic E-state index is 12.0. The third-order valence-electron chi connectivity index (χ3n) is 3.04. The predicted octanol–water partition coefficient (Wildman–Crippen LogP) is 1.93. The van der Waals surface area contributed by atoms with Gasteiger partial charge in [-0.3, -0.25) is 9.59 Å². The van der Waals surface area contributed by atoms with Crippen LogP contribution in [0.4, 0.5) is 4.79 Å². The van der Waals surface area contributed by atoms with Crippen LogP contribution in [0.3, 0.4) is 0 Å². The van der Waals surface area contributed by atoms with E-state index < -0.39 is 30.1 Å². The first-order valence-electron chi connectivity index (χ1n) is 7.76. The van der Waals surface area contributed by atoms with Crippen molar-refractivity contribution in [1.82, 2.24) is 10.6 Å². The van der Waals surface area contributed by atoms with Gasteiger partial charge in [0.25, 0.3) is 0 Å². The van der Waals surface area contributed by atoms with E-state index in [0.717, 1.165) is 6.42 Å². The first kappa shape index (κ1) is 20.9. The van der Waals surface area contributed by atoms with Crippen molar-refractivity contribution in [2.75, 3.05) is 6.61 Å². The number of ether oxygens (including phenoxy) is 1. The van der Waals surface area contributed by atoms with Gasteiger partial charge in [-0.05, 0) is 25.2 Å². The Balaban J connectivity index is 4.41. The van der Waals surface area contributed by atoms with Gasteiger partial charge in [-0.2, -0.15) is 0 Å². The van der Waals surface area contributed by atoms with Crippen molar-refractivity contribution in [3.8, 4) is 0 Å². The Labute approximate surface area is 137 Å². The standard InChI is InChI=1S/C16H28N2O5/c1-10(2)8-6-7-9-23-16(22)18-13(11(3)4)14(19)17-12(5)15(20)21/h6-7,10-13H,8-9H2,1-5H3,(H,17,19)(H,18,22)(H,20,21)/b7-6+/t12-,13-/m0/s1. The maximum Gasteiger partial charge on any atom is 0.408 e. The summed E-state index contributed by atoms with van der Waals surface area (Å²) in [5.41, 5.74) is 0. The topological polar surface area (TPSA) is 105 Å². The lowest BCUT2D eigenvalue weighted by Gasteiger charge is -2.22. The quantitative estimate of drug-likeness (QED) is 0.561. The summed E-state index contributed by atoms with van der Waals surface area (Å²) in [4.78, 5) is 34.5. The van der Waals surface area contributed by atoms with Crippen LogP contribution in [-0.4, -0.2) is 41.8 Å². The van der Waals surface area contributed by atoms with Crippen LogP contribution in [-0.2, 0) is 14.3 Å². The van der Waals surface area contributed by atoms with E-state index in [9.17, 15) is 14.4 Å². The molecule has 0 aliphatic rings. The Morgan fingerprint density at radius 3 is 2.13 bits per heavy atom. The summed E-state index contributed by atoms with van der Waals surface area (Å²) in [5, 5.41) is 13.6. The van der Waals surface area contributed by atoms with E-state index >= 15 is 0 Å². The maximum absolute atomic E-state index is 12.0. The summed E-state index contributed by atoms with van der Waals surface area (Å²) in [6.45, 7) is 9.15. The second-order valence-corrected chi connectivity index (χ2v) is 6.13. The third-order valence-corrected chi connectivity index (χ3v) is 3.04. The van der Waals surface area contributed by atoms with E-state index in [0.29, 0.717) is 5.92 Å². The molecule has 23 heavy (non-hydrogen) atoms. The van der Waals surface area contributed by atoms with Crippen LogP contribution in [0, 0.1) is 11.8 Å². The smallest absolute Gasteiger partial charge is 0.408 e. The van der Waals surface area contributed by atoms with Gasteiger partial charge in [0.05, 0.1) is 0 Å². The Hall–Kier alpha value is -2.05. The molecule has 0 aromatic rings. The number of carbonyl (C=O) groups excluding carboxylic acids is 2. The van der Waals surface area contributed by atoms with Crippen LogP contribution in [0.1, 0.15) is 41.0 Å². The van der Waals surface area contributed by atoms with Gasteiger partial charge in [0, 0.05) is 0 Å². The van der Waals surface area contributed by atoms with Crippen molar-refractivity contribution in [2.24, 2.45) is 11.8 Å². The average molecular weight is 328 g/mol. The molecule has 0 rings (SSSR count). The molecule has 0 bridgehead atoms. The molecular weight excluding hydrogens is 300 g/mol. The number of amides is 2. The first-order chi connectivity index (χ1) is 10.6. The number of alkyl carbamates (subject to hydrolysis) is 1. The second-order valence-electron chi connectivity index (χ2n) is 6.13. The Bertz CT molecular complexity index is 432. The molecule has 0 unspecified atom stereocenters. The summed E-state index contributed by atoms with van der Waals surface area (Å²) in [6.07, 6.45) is 3.86. The van der Waals surface area contributed by atoms with Gasteiger partial charge in [0.15, 0.2) is 0 Å². The number of aliphatic carboxylic acids is 1. The third kappa shape index (κ3) is 9.55. The summed E-state index contributed by atoms with van der Waals surface area (Å²) in [5.74, 6) is -1.37. The van der Waals surface area contributed by atoms with Gasteiger partial charge in [0.1, 0.15) is 18.7 Å². The monoisotopic (exact) mass is 328 g/mol. The molecule has 0 spiro atoms. The zero-order valence-corrected chi connectivity index (χ0v) is 14.5. The van der Waals surface area contributed by atoms with E-state index in [4.69, 9.17) is 9.84 Å². The molecule has 3 N–H and O–H groups in total. The molecule has 0 aliphatic carbocycles. The number of carboxylic acids is 1. The van der Waals surface area contributed by atoms with E-state index in [1.165, 1.54) is 6.92 Å². The Morgan fingerprint density at radius 2 is 1.65 bits per heavy atom. The lowest BCUT2D eigenvalue weighted by molar-refractivity contribution is -0.141. The van der Waals surface area contributed by atoms with Crippen LogP contribution in [0.25, 0.3) is 0 Å². The van der Waals surface area contributed by atoms with E-state index in [1.54, 1.807) is 19.9 Å². The number of nitrogens with one attached hydrogen (secondary N) is 2. The van der Waals surface area contributed by atoms with Gasteiger partial charge < -0.3 is 20.5 Å². The van der Waals surface area contributed by atoms with Gasteiger partial charge in [0.2, 0.25) is 5.91 Å². The lowest BCUT2D eigenvalue weighted by atomic mass is 10.0. The number of allylic oxidation sites excluding steroid dienone is 1. The molecule has 2 atom stereocenters. The Morgan fingerprint density at radius 1 is 1.04 bits per heavy atom. The van der Waals surface area contributed by atoms with Gasteiger partial charge >= 0.3 is 12.1 Å². The highest BCUT2D eigenvalue weighted by atomic mass is 16.5. The van der Waals surface area contributed by atoms with Crippen LogP contribution in [0.2, 0.25) is 0 Å². The molecule has 2 amide bonds. The largest absolute Gasteiger partial charge is 0.480 e. The molecule has 0 aromatic heterocycles. The minimum Gasteiger partial charge on any atom is -0.480 e. The van der Waals surface area contributed by atoms with Crippen LogP contribution in [0.15, 0.2) is 12.2 Å². The van der Waals surface area contributed by atoms with Crippen molar-refractivity contribution in [1.29, 1.82) is 0 Å². The predicted molar refractivity (Wildman–Crippen MR) is 86.9 cm³/mol. The van der Waals surface area contributed by atoms with Crippen molar-refractivity contribution in [3.63, 3.8) is 0 Å². The van der Waals surface area contributed by atoms with Gasteiger partial charge in [-0.1, -0.05) is 39.8 Å². The van der Waals surface area contributed by atoms with Crippen molar-refractivity contribution < 1.29 is 24.2 Å². The molecule has 0 saturated heterocycles. The molecule has 0 radical (unpaired) electrons. The molecule has 132 valence electrons. The molecule has 0 fully saturated rings. The fourth-order valence-corrected chi connectivity index (χ4v) is 1.63. The minimum atomic E-state index is -1.14. The molecule has 0 aromatic carbocycles. The van der Waals surface area contributed by atoms with Gasteiger partial charge in [-0.25, -0.2) is 4.79 Å². The van der Waals surface area contributed by atoms with Crippen molar-refractivity contribution in [2.45, 2.75) is 53.1 Å². The van der Waals surface area contributed by atoms with Crippen LogP contribution >= 0.6 is 0 Å². The number of carboxylic acid groups (broad SMARTS) is 1. The highest BCUT2D eigenvalue weighted by molar-refractivity contribution is 5.89. The fourth-order valence-electron chi connectivity index (χ4n) is 1.63. The summed E-state index contributed by atoms with van der Waals surface area (Å²) in [6, 6.07) is -1.88. The second kappa shape index (κ2) is 10.6. The zero-order chi connectivity index (χ0) is 18.0. The zero-order valence-electron chi connectivity index (χ0n) is 14.5. The molecule has 7 heteroatoms. The molecule has 0 heterocycles. The number of rotatable bonds is 9. The number of hydrogen-bond acceptors (Lipinski definition) is 4. The first-order valence-corrected chi connectivity index (χ1v) is 7.76. The SMILES string of the molecule is CC(C)C/C=C/COC(=O)N[C@H](C(=O)N[C@@H](C)C(=O)O)C(C)C. The summed E-state index contributed by atoms with van der Waals surface area (Å²) in [7, 11) is 0. The Kier molecular flexibility index (Phi) is 9.69. The van der Waals surface area contributed by atoms with Crippen LogP contribution < -0.4 is 10.6 Å². The minimum absolute atomic E-state index is 0.122. The van der Waals surface area contributed by atoms with E-state index in [-0.39, 0.29) is 12.5 Å². The van der Waals surface area contributed by atoms with Crippen LogP contribution in [0.5, 0.6) is 0 Å². The summed E-state index contributed by atoms with van der Waals surface area (Å²) < 4.78 is 4.97. The molecule has 0 saturated carbocycles. The molecule has 7 nitrogen and oxygen atoms in total. The number of hydrogen-bond donors (Lipinski definition) is 3. The normalized spacial score (nSPS) is 13.9. The fraction of sp³-hybridized carbons (Fsp3) is 0.688. The van der Waals surface area contributed by atoms with E-state index in [2.05, 4.69) is 24.5 Å².